The molecule has 0 N–H and O–H groups in total. The first-order chi connectivity index (χ1) is 13.1. The van der Waals surface area contributed by atoms with E-state index < -0.39 is 8.84 Å². The summed E-state index contributed by atoms with van der Waals surface area (Å²) in [5.41, 5.74) is 7.92. The Morgan fingerprint density at radius 1 is 0.871 bits per heavy atom. The van der Waals surface area contributed by atoms with Crippen molar-refractivity contribution >= 4 is 50.4 Å². The van der Waals surface area contributed by atoms with Crippen LogP contribution in [0.15, 0.2) is 67.3 Å². The molecule has 31 heavy (non-hydrogen) atoms. The Morgan fingerprint density at radius 3 is 1.84 bits per heavy atom. The van der Waals surface area contributed by atoms with Crippen molar-refractivity contribution in [1.82, 2.24) is 0 Å². The maximum atomic E-state index is 13.9. The molecule has 4 rings (SSSR count). The van der Waals surface area contributed by atoms with Gasteiger partial charge < -0.3 is 8.61 Å². The predicted molar refractivity (Wildman–Crippen MR) is 134 cm³/mol. The molecule has 1 unspecified atom stereocenters. The molecule has 0 heterocycles. The minimum atomic E-state index is -2.03. The van der Waals surface area contributed by atoms with E-state index in [9.17, 15) is 4.46 Å². The minimum Gasteiger partial charge on any atom is -0.328 e. The summed E-state index contributed by atoms with van der Waals surface area (Å²) in [4.78, 5) is 0. The van der Waals surface area contributed by atoms with Crippen LogP contribution in [0.25, 0.3) is 16.7 Å². The van der Waals surface area contributed by atoms with E-state index >= 15 is 0 Å². The van der Waals surface area contributed by atoms with Gasteiger partial charge in [-0.1, -0.05) is 67.3 Å². The minimum absolute atomic E-state index is 0. The average Bonchev–Trinajstić information content (AvgIpc) is 3.06. The van der Waals surface area contributed by atoms with E-state index in [4.69, 9.17) is 0 Å². The second-order valence-electron chi connectivity index (χ2n) is 9.20. The SMILES string of the molecule is C=C1c2ccccc2C2=C(c3ccccc31)C([Si](=O)[N+](C)(C)C(C)(C)C)C=C2.Cl.Cl.[Ti]. The Hall–Kier alpha value is -1.07. The van der Waals surface area contributed by atoms with Gasteiger partial charge in [0.05, 0.1) is 19.6 Å². The molecule has 0 saturated carbocycles. The van der Waals surface area contributed by atoms with Crippen LogP contribution in [-0.2, 0) is 26.2 Å². The van der Waals surface area contributed by atoms with E-state index in [1.54, 1.807) is 0 Å². The van der Waals surface area contributed by atoms with Gasteiger partial charge in [0.25, 0.3) is 0 Å². The van der Waals surface area contributed by atoms with Crippen molar-refractivity contribution in [2.45, 2.75) is 31.9 Å². The second kappa shape index (κ2) is 9.82. The number of nitrogens with zero attached hydrogens (tertiary/aromatic N) is 1. The second-order valence-corrected chi connectivity index (χ2v) is 11.6. The van der Waals surface area contributed by atoms with Crippen LogP contribution in [0.1, 0.15) is 43.0 Å². The van der Waals surface area contributed by atoms with Crippen LogP contribution < -0.4 is 0 Å². The fourth-order valence-corrected chi connectivity index (χ4v) is 6.26. The Kier molecular flexibility index (Phi) is 8.86. The van der Waals surface area contributed by atoms with Crippen molar-refractivity contribution in [2.75, 3.05) is 14.1 Å². The molecule has 162 valence electrons. The van der Waals surface area contributed by atoms with E-state index in [0.29, 0.717) is 4.15 Å². The number of fused-ring (bicyclic) bond motifs is 4. The van der Waals surface area contributed by atoms with Crippen molar-refractivity contribution < 1.29 is 30.3 Å². The topological polar surface area (TPSA) is 17.1 Å². The van der Waals surface area contributed by atoms with Gasteiger partial charge in [0.15, 0.2) is 0 Å². The fraction of sp³-hybridized carbons (Fsp3) is 0.280. The van der Waals surface area contributed by atoms with Gasteiger partial charge in [0, 0.05) is 21.7 Å². The van der Waals surface area contributed by atoms with Crippen LogP contribution in [0.3, 0.4) is 0 Å². The summed E-state index contributed by atoms with van der Waals surface area (Å²) >= 11 is 0. The van der Waals surface area contributed by atoms with Crippen molar-refractivity contribution in [3.63, 3.8) is 0 Å². The van der Waals surface area contributed by atoms with Crippen LogP contribution in [0.5, 0.6) is 0 Å². The largest absolute Gasteiger partial charge is 0.565 e. The van der Waals surface area contributed by atoms with Crippen LogP contribution in [0.4, 0.5) is 0 Å². The normalized spacial score (nSPS) is 16.7. The van der Waals surface area contributed by atoms with Gasteiger partial charge >= 0.3 is 8.84 Å². The zero-order valence-electron chi connectivity index (χ0n) is 18.7. The molecule has 0 bridgehead atoms. The Bertz CT molecular complexity index is 1080. The van der Waals surface area contributed by atoms with E-state index in [1.807, 2.05) is 0 Å². The molecule has 0 fully saturated rings. The van der Waals surface area contributed by atoms with Gasteiger partial charge in [-0.25, -0.2) is 0 Å². The van der Waals surface area contributed by atoms with Crippen LogP contribution in [0.2, 0.25) is 5.54 Å². The molecule has 2 aromatic rings. The van der Waals surface area contributed by atoms with E-state index in [2.05, 4.69) is 102 Å². The molecule has 2 aliphatic rings. The molecule has 0 aromatic heterocycles. The molecule has 0 spiro atoms. The van der Waals surface area contributed by atoms with Crippen molar-refractivity contribution in [3.05, 3.63) is 89.5 Å². The molecule has 0 radical (unpaired) electrons. The van der Waals surface area contributed by atoms with Gasteiger partial charge in [0.2, 0.25) is 0 Å². The number of rotatable bonds is 2. The summed E-state index contributed by atoms with van der Waals surface area (Å²) in [6.07, 6.45) is 4.35. The summed E-state index contributed by atoms with van der Waals surface area (Å²) in [7, 11) is 2.17. The van der Waals surface area contributed by atoms with Crippen LogP contribution in [-0.4, -0.2) is 32.6 Å². The predicted octanol–water partition coefficient (Wildman–Crippen LogP) is 6.55. The van der Waals surface area contributed by atoms with Gasteiger partial charge in [0.1, 0.15) is 5.54 Å². The molecule has 0 amide bonds. The number of benzene rings is 2. The van der Waals surface area contributed by atoms with Crippen molar-refractivity contribution in [1.29, 1.82) is 0 Å². The van der Waals surface area contributed by atoms with Gasteiger partial charge in [-0.15, -0.1) is 24.8 Å². The van der Waals surface area contributed by atoms with Gasteiger partial charge in [-0.3, -0.25) is 0 Å². The number of halogens is 2. The summed E-state index contributed by atoms with van der Waals surface area (Å²) in [5.74, 6) is 0. The van der Waals surface area contributed by atoms with Crippen molar-refractivity contribution in [2.24, 2.45) is 0 Å². The van der Waals surface area contributed by atoms with Gasteiger partial charge in [-0.2, -0.15) is 0 Å². The van der Waals surface area contributed by atoms with E-state index in [1.165, 1.54) is 22.3 Å². The molecular formula is C25H30Cl2NOSiTi+. The van der Waals surface area contributed by atoms with Crippen molar-refractivity contribution in [3.8, 4) is 0 Å². The molecule has 0 saturated heterocycles. The molecule has 0 aliphatic heterocycles. The number of allylic oxidation sites excluding steroid dienone is 4. The average molecular weight is 507 g/mol. The Labute approximate surface area is 215 Å². The molecule has 6 heteroatoms. The monoisotopic (exact) mass is 506 g/mol. The van der Waals surface area contributed by atoms with Crippen LogP contribution >= 0.6 is 24.8 Å². The smallest absolute Gasteiger partial charge is 0.328 e. The third-order valence-corrected chi connectivity index (χ3v) is 9.42. The Balaban J connectivity index is 0.00000160. The zero-order chi connectivity index (χ0) is 20.3. The summed E-state index contributed by atoms with van der Waals surface area (Å²) in [6, 6.07) is 16.9. The van der Waals surface area contributed by atoms with Crippen LogP contribution in [0, 0.1) is 0 Å². The Morgan fingerprint density at radius 2 is 1.32 bits per heavy atom. The molecule has 2 aliphatic carbocycles. The number of hydrogen-bond acceptors (Lipinski definition) is 1. The summed E-state index contributed by atoms with van der Waals surface area (Å²) in [6.45, 7) is 10.9. The third kappa shape index (κ3) is 4.42. The zero-order valence-corrected chi connectivity index (χ0v) is 22.9. The van der Waals surface area contributed by atoms with E-state index in [0.717, 1.165) is 16.7 Å². The number of hydrogen-bond donors (Lipinski definition) is 0. The maximum Gasteiger partial charge on any atom is 0.565 e. The molecular weight excluding hydrogens is 477 g/mol. The fourth-order valence-electron chi connectivity index (χ4n) is 4.08. The standard InChI is InChI=1S/C25H28NOSi.2ClH.Ti/c1-17-18-11-7-9-13-20(18)22-15-16-23(28(27)26(5,6)25(2,3)4)24(22)21-14-10-8-12-19(17)21;;;/h7-16,23H,1H2,2-6H3;2*1H;/q+1;;;. The first-order valence-corrected chi connectivity index (χ1v) is 11.3. The first-order valence-electron chi connectivity index (χ1n) is 9.84. The third-order valence-electron chi connectivity index (χ3n) is 6.64. The maximum absolute atomic E-state index is 13.9. The van der Waals surface area contributed by atoms with E-state index in [-0.39, 0.29) is 57.6 Å². The molecule has 1 atom stereocenters. The molecule has 2 nitrogen and oxygen atoms in total. The first kappa shape index (κ1) is 28.0. The summed E-state index contributed by atoms with van der Waals surface area (Å²) in [5, 5.41) is 0. The van der Waals surface area contributed by atoms with Gasteiger partial charge in [-0.05, 0) is 59.7 Å². The quantitative estimate of drug-likeness (QED) is 0.422. The number of quaternary nitrogens is 1. The molecule has 2 aromatic carbocycles. The summed E-state index contributed by atoms with van der Waals surface area (Å²) < 4.78 is 14.4.